The maximum absolute atomic E-state index is 13.4. The monoisotopic (exact) mass is 482 g/mol. The molecule has 1 aliphatic rings. The van der Waals surface area contributed by atoms with E-state index in [1.807, 2.05) is 37.8 Å². The van der Waals surface area contributed by atoms with Gasteiger partial charge in [-0.3, -0.25) is 4.79 Å². The number of anilines is 1. The number of hydrogen-bond acceptors (Lipinski definition) is 3. The van der Waals surface area contributed by atoms with Crippen LogP contribution in [-0.4, -0.2) is 14.2 Å². The molecule has 0 aromatic heterocycles. The Morgan fingerprint density at radius 2 is 1.81 bits per heavy atom. The average Bonchev–Trinajstić information content (AvgIpc) is 2.81. The molecule has 0 saturated heterocycles. The molecule has 27 heavy (non-hydrogen) atoms. The van der Waals surface area contributed by atoms with Crippen LogP contribution in [0.15, 0.2) is 40.9 Å². The van der Waals surface area contributed by atoms with Crippen molar-refractivity contribution in [1.82, 2.24) is 0 Å². The molecule has 0 spiro atoms. The van der Waals surface area contributed by atoms with Crippen molar-refractivity contribution in [3.63, 3.8) is 0 Å². The summed E-state index contributed by atoms with van der Waals surface area (Å²) in [6, 6.07) is 12.9. The number of benzene rings is 2. The van der Waals surface area contributed by atoms with E-state index in [-0.39, 0.29) is 12.5 Å². The summed E-state index contributed by atoms with van der Waals surface area (Å²) in [6.07, 6.45) is 0. The molecule has 0 bridgehead atoms. The number of amides is 1. The molecule has 2 aromatic carbocycles. The lowest BCUT2D eigenvalue weighted by Gasteiger charge is -2.29. The highest BCUT2D eigenvalue weighted by molar-refractivity contribution is 9.10. The zero-order valence-corrected chi connectivity index (χ0v) is 19.1. The Balaban J connectivity index is 2.08. The summed E-state index contributed by atoms with van der Waals surface area (Å²) in [5.74, 6) is -0.385. The van der Waals surface area contributed by atoms with E-state index in [0.717, 1.165) is 5.56 Å². The van der Waals surface area contributed by atoms with E-state index in [1.54, 1.807) is 23.1 Å². The normalized spacial score (nSPS) is 19.1. The lowest BCUT2D eigenvalue weighted by Crippen LogP contribution is -2.47. The van der Waals surface area contributed by atoms with Crippen molar-refractivity contribution < 1.29 is 9.22 Å². The standard InChI is InChI=1S/C19H17BrCl2N2O2Si/c1-27(2,3)26-19(11-23)13-6-4-5-7-16(13)24(18(19)25)10-12-8-14(21)17(20)15(22)9-12/h4-9H,10H2,1-3H3. The highest BCUT2D eigenvalue weighted by atomic mass is 79.9. The molecule has 0 saturated carbocycles. The summed E-state index contributed by atoms with van der Waals surface area (Å²) in [6.45, 7) is 6.11. The number of fused-ring (bicyclic) bond motifs is 1. The fourth-order valence-electron chi connectivity index (χ4n) is 3.15. The molecular formula is C19H17BrCl2N2O2Si. The minimum Gasteiger partial charge on any atom is -0.389 e. The van der Waals surface area contributed by atoms with Crippen LogP contribution in [0.5, 0.6) is 0 Å². The van der Waals surface area contributed by atoms with Gasteiger partial charge < -0.3 is 9.33 Å². The third kappa shape index (κ3) is 3.67. The molecule has 1 aliphatic heterocycles. The Morgan fingerprint density at radius 3 is 2.37 bits per heavy atom. The fourth-order valence-corrected chi connectivity index (χ4v) is 5.07. The molecule has 1 amide bonds. The summed E-state index contributed by atoms with van der Waals surface area (Å²) < 4.78 is 6.74. The maximum Gasteiger partial charge on any atom is 0.278 e. The third-order valence-corrected chi connectivity index (χ3v) is 6.95. The zero-order valence-electron chi connectivity index (χ0n) is 15.0. The predicted octanol–water partition coefficient (Wildman–Crippen LogP) is 5.87. The number of carbonyl (C=O) groups excluding carboxylic acids is 1. The second kappa shape index (κ2) is 7.23. The Bertz CT molecular complexity index is 948. The second-order valence-corrected chi connectivity index (χ2v) is 13.3. The first kappa shape index (κ1) is 20.4. The van der Waals surface area contributed by atoms with Gasteiger partial charge in [-0.25, -0.2) is 0 Å². The third-order valence-electron chi connectivity index (χ3n) is 4.12. The lowest BCUT2D eigenvalue weighted by atomic mass is 9.97. The van der Waals surface area contributed by atoms with E-state index in [0.29, 0.717) is 25.8 Å². The molecule has 8 heteroatoms. The summed E-state index contributed by atoms with van der Waals surface area (Å²) in [5, 5.41) is 10.9. The van der Waals surface area contributed by atoms with Gasteiger partial charge in [0.15, 0.2) is 8.32 Å². The number of nitrogens with zero attached hydrogens (tertiary/aromatic N) is 2. The van der Waals surface area contributed by atoms with E-state index in [9.17, 15) is 10.1 Å². The first-order chi connectivity index (χ1) is 12.6. The zero-order chi connectivity index (χ0) is 20.0. The molecule has 1 atom stereocenters. The Morgan fingerprint density at radius 1 is 1.22 bits per heavy atom. The van der Waals surface area contributed by atoms with E-state index in [1.165, 1.54) is 0 Å². The largest absolute Gasteiger partial charge is 0.389 e. The number of halogens is 3. The molecule has 0 aliphatic carbocycles. The maximum atomic E-state index is 13.4. The van der Waals surface area contributed by atoms with Gasteiger partial charge in [-0.2, -0.15) is 5.26 Å². The van der Waals surface area contributed by atoms with Crippen molar-refractivity contribution >= 4 is 59.0 Å². The van der Waals surface area contributed by atoms with Crippen LogP contribution in [-0.2, 0) is 21.4 Å². The van der Waals surface area contributed by atoms with E-state index >= 15 is 0 Å². The van der Waals surface area contributed by atoms with Gasteiger partial charge in [-0.05, 0) is 59.3 Å². The average molecular weight is 484 g/mol. The Kier molecular flexibility index (Phi) is 5.45. The number of rotatable bonds is 4. The van der Waals surface area contributed by atoms with Crippen molar-refractivity contribution in [1.29, 1.82) is 5.26 Å². The first-order valence-electron chi connectivity index (χ1n) is 8.25. The summed E-state index contributed by atoms with van der Waals surface area (Å²) >= 11 is 15.7. The number of hydrogen-bond donors (Lipinski definition) is 0. The van der Waals surface area contributed by atoms with Crippen LogP contribution >= 0.6 is 39.1 Å². The van der Waals surface area contributed by atoms with Crippen molar-refractivity contribution in [2.75, 3.05) is 4.90 Å². The van der Waals surface area contributed by atoms with Crippen molar-refractivity contribution in [3.05, 3.63) is 62.0 Å². The molecule has 1 heterocycles. The van der Waals surface area contributed by atoms with Crippen molar-refractivity contribution in [2.24, 2.45) is 0 Å². The number of nitriles is 1. The van der Waals surface area contributed by atoms with Crippen LogP contribution in [0.4, 0.5) is 5.69 Å². The summed E-state index contributed by atoms with van der Waals surface area (Å²) in [7, 11) is -2.19. The first-order valence-corrected chi connectivity index (χ1v) is 13.2. The molecule has 4 nitrogen and oxygen atoms in total. The van der Waals surface area contributed by atoms with Gasteiger partial charge in [0, 0.05) is 5.56 Å². The van der Waals surface area contributed by atoms with Crippen molar-refractivity contribution in [2.45, 2.75) is 31.8 Å². The summed E-state index contributed by atoms with van der Waals surface area (Å²) in [5.41, 5.74) is 0.383. The van der Waals surface area contributed by atoms with Crippen LogP contribution in [0, 0.1) is 11.3 Å². The van der Waals surface area contributed by atoms with Gasteiger partial charge >= 0.3 is 0 Å². The molecular weight excluding hydrogens is 467 g/mol. The molecule has 140 valence electrons. The minimum atomic E-state index is -2.19. The lowest BCUT2D eigenvalue weighted by molar-refractivity contribution is -0.129. The van der Waals surface area contributed by atoms with E-state index in [4.69, 9.17) is 27.6 Å². The SMILES string of the molecule is C[Si](C)(C)OC1(C#N)C(=O)N(Cc2cc(Cl)c(Br)c(Cl)c2)c2ccccc21. The fraction of sp³-hybridized carbons (Fsp3) is 0.263. The van der Waals surface area contributed by atoms with Gasteiger partial charge in [0.25, 0.3) is 11.5 Å². The highest BCUT2D eigenvalue weighted by Crippen LogP contribution is 2.45. The molecule has 0 radical (unpaired) electrons. The van der Waals surface area contributed by atoms with Crippen molar-refractivity contribution in [3.8, 4) is 6.07 Å². The topological polar surface area (TPSA) is 53.3 Å². The Hall–Kier alpha value is -1.36. The highest BCUT2D eigenvalue weighted by Gasteiger charge is 2.54. The number of para-hydroxylation sites is 1. The van der Waals surface area contributed by atoms with Gasteiger partial charge in [0.2, 0.25) is 0 Å². The predicted molar refractivity (Wildman–Crippen MR) is 114 cm³/mol. The Labute approximate surface area is 177 Å². The van der Waals surface area contributed by atoms with Crippen LogP contribution in [0.1, 0.15) is 11.1 Å². The van der Waals surface area contributed by atoms with Gasteiger partial charge in [-0.1, -0.05) is 41.4 Å². The molecule has 1 unspecified atom stereocenters. The van der Waals surface area contributed by atoms with Crippen LogP contribution in [0.2, 0.25) is 29.7 Å². The van der Waals surface area contributed by atoms with Gasteiger partial charge in [0.1, 0.15) is 6.07 Å². The molecule has 0 N–H and O–H groups in total. The van der Waals surface area contributed by atoms with E-state index < -0.39 is 13.9 Å². The second-order valence-electron chi connectivity index (χ2n) is 7.29. The quantitative estimate of drug-likeness (QED) is 0.403. The smallest absolute Gasteiger partial charge is 0.278 e. The van der Waals surface area contributed by atoms with Gasteiger partial charge in [0.05, 0.1) is 26.8 Å². The van der Waals surface area contributed by atoms with Gasteiger partial charge in [-0.15, -0.1) is 0 Å². The van der Waals surface area contributed by atoms with E-state index in [2.05, 4.69) is 22.0 Å². The summed E-state index contributed by atoms with van der Waals surface area (Å²) in [4.78, 5) is 14.9. The van der Waals surface area contributed by atoms with Crippen LogP contribution < -0.4 is 4.90 Å². The molecule has 0 fully saturated rings. The minimum absolute atomic E-state index is 0.237. The number of carbonyl (C=O) groups is 1. The molecule has 2 aromatic rings. The molecule has 3 rings (SSSR count). The van der Waals surface area contributed by atoms with Crippen LogP contribution in [0.25, 0.3) is 0 Å². The van der Waals surface area contributed by atoms with Crippen LogP contribution in [0.3, 0.4) is 0 Å².